The Morgan fingerprint density at radius 1 is 0.852 bits per heavy atom. The maximum absolute atomic E-state index is 12.9. The van der Waals surface area contributed by atoms with Crippen LogP contribution in [0.15, 0.2) is 54.6 Å². The molecular formula is C22H24N2O3. The van der Waals surface area contributed by atoms with Crippen molar-refractivity contribution in [3.05, 3.63) is 60.2 Å². The first kappa shape index (κ1) is 17.7. The molecule has 0 bridgehead atoms. The SMILES string of the molecule is O=C(c1cccc(-c2ccccc2)c1)N1CCN(C(=O)C2CCCO2)CC1. The highest BCUT2D eigenvalue weighted by molar-refractivity contribution is 5.95. The van der Waals surface area contributed by atoms with E-state index in [-0.39, 0.29) is 17.9 Å². The average molecular weight is 364 g/mol. The molecule has 2 fully saturated rings. The highest BCUT2D eigenvalue weighted by Crippen LogP contribution is 2.21. The lowest BCUT2D eigenvalue weighted by atomic mass is 10.0. The van der Waals surface area contributed by atoms with Crippen molar-refractivity contribution >= 4 is 11.8 Å². The van der Waals surface area contributed by atoms with Gasteiger partial charge in [0, 0.05) is 38.3 Å². The molecule has 4 rings (SSSR count). The summed E-state index contributed by atoms with van der Waals surface area (Å²) in [7, 11) is 0. The van der Waals surface area contributed by atoms with Gasteiger partial charge in [-0.3, -0.25) is 9.59 Å². The number of ether oxygens (including phenoxy) is 1. The first-order chi connectivity index (χ1) is 13.2. The summed E-state index contributed by atoms with van der Waals surface area (Å²) in [5, 5.41) is 0. The molecule has 0 aliphatic carbocycles. The van der Waals surface area contributed by atoms with Crippen LogP contribution in [0.4, 0.5) is 0 Å². The van der Waals surface area contributed by atoms with E-state index < -0.39 is 0 Å². The van der Waals surface area contributed by atoms with Crippen LogP contribution in [-0.2, 0) is 9.53 Å². The fourth-order valence-electron chi connectivity index (χ4n) is 3.75. The minimum atomic E-state index is -0.283. The summed E-state index contributed by atoms with van der Waals surface area (Å²) in [6.07, 6.45) is 1.48. The Kier molecular flexibility index (Phi) is 5.21. The highest BCUT2D eigenvalue weighted by Gasteiger charge is 2.31. The second-order valence-corrected chi connectivity index (χ2v) is 7.07. The van der Waals surface area contributed by atoms with Crippen LogP contribution in [0.3, 0.4) is 0 Å². The van der Waals surface area contributed by atoms with Gasteiger partial charge in [0.2, 0.25) is 0 Å². The zero-order valence-corrected chi connectivity index (χ0v) is 15.3. The van der Waals surface area contributed by atoms with Crippen molar-refractivity contribution in [2.75, 3.05) is 32.8 Å². The van der Waals surface area contributed by atoms with Gasteiger partial charge in [0.15, 0.2) is 0 Å². The first-order valence-electron chi connectivity index (χ1n) is 9.57. The Bertz CT molecular complexity index is 807. The third-order valence-electron chi connectivity index (χ3n) is 5.30. The van der Waals surface area contributed by atoms with Crippen molar-refractivity contribution in [3.8, 4) is 11.1 Å². The predicted molar refractivity (Wildman–Crippen MR) is 103 cm³/mol. The summed E-state index contributed by atoms with van der Waals surface area (Å²) in [6.45, 7) is 2.94. The van der Waals surface area contributed by atoms with Gasteiger partial charge >= 0.3 is 0 Å². The molecule has 5 nitrogen and oxygen atoms in total. The smallest absolute Gasteiger partial charge is 0.253 e. The molecule has 2 aliphatic heterocycles. The number of carbonyl (C=O) groups excluding carboxylic acids is 2. The third-order valence-corrected chi connectivity index (χ3v) is 5.30. The lowest BCUT2D eigenvalue weighted by Crippen LogP contribution is -2.52. The van der Waals surface area contributed by atoms with Crippen LogP contribution in [0.5, 0.6) is 0 Å². The normalized spacial score (nSPS) is 19.9. The number of benzene rings is 2. The Balaban J connectivity index is 1.40. The molecule has 0 radical (unpaired) electrons. The Morgan fingerprint density at radius 2 is 1.56 bits per heavy atom. The van der Waals surface area contributed by atoms with E-state index in [1.165, 1.54) is 0 Å². The lowest BCUT2D eigenvalue weighted by molar-refractivity contribution is -0.142. The maximum atomic E-state index is 12.9. The Hall–Kier alpha value is -2.66. The first-order valence-corrected chi connectivity index (χ1v) is 9.57. The lowest BCUT2D eigenvalue weighted by Gasteiger charge is -2.35. The zero-order chi connectivity index (χ0) is 18.6. The summed E-state index contributed by atoms with van der Waals surface area (Å²) in [4.78, 5) is 29.0. The number of nitrogens with zero attached hydrogens (tertiary/aromatic N) is 2. The van der Waals surface area contributed by atoms with Crippen LogP contribution < -0.4 is 0 Å². The van der Waals surface area contributed by atoms with Gasteiger partial charge in [0.1, 0.15) is 6.10 Å². The second-order valence-electron chi connectivity index (χ2n) is 7.07. The van der Waals surface area contributed by atoms with Crippen molar-refractivity contribution in [1.82, 2.24) is 9.80 Å². The summed E-state index contributed by atoms with van der Waals surface area (Å²) in [5.41, 5.74) is 2.82. The molecule has 2 amide bonds. The fourth-order valence-corrected chi connectivity index (χ4v) is 3.75. The van der Waals surface area contributed by atoms with Crippen LogP contribution in [0.1, 0.15) is 23.2 Å². The van der Waals surface area contributed by atoms with E-state index in [0.29, 0.717) is 38.3 Å². The molecule has 5 heteroatoms. The Morgan fingerprint density at radius 3 is 2.26 bits per heavy atom. The molecule has 140 valence electrons. The zero-order valence-electron chi connectivity index (χ0n) is 15.3. The van der Waals surface area contributed by atoms with Crippen LogP contribution in [0, 0.1) is 0 Å². The van der Waals surface area contributed by atoms with Crippen LogP contribution in [-0.4, -0.2) is 60.5 Å². The van der Waals surface area contributed by atoms with E-state index in [0.717, 1.165) is 24.0 Å². The molecule has 2 heterocycles. The predicted octanol–water partition coefficient (Wildman–Crippen LogP) is 2.82. The van der Waals surface area contributed by atoms with Gasteiger partial charge in [-0.1, -0.05) is 42.5 Å². The number of piperazine rings is 1. The van der Waals surface area contributed by atoms with E-state index in [4.69, 9.17) is 4.74 Å². The fraction of sp³-hybridized carbons (Fsp3) is 0.364. The minimum Gasteiger partial charge on any atom is -0.368 e. The van der Waals surface area contributed by atoms with Gasteiger partial charge in [-0.25, -0.2) is 0 Å². The summed E-state index contributed by atoms with van der Waals surface area (Å²) in [5.74, 6) is 0.0997. The number of carbonyl (C=O) groups is 2. The Labute approximate surface area is 159 Å². The number of amides is 2. The van der Waals surface area contributed by atoms with E-state index in [2.05, 4.69) is 0 Å². The molecule has 0 aromatic heterocycles. The maximum Gasteiger partial charge on any atom is 0.253 e. The molecular weight excluding hydrogens is 340 g/mol. The van der Waals surface area contributed by atoms with Crippen LogP contribution in [0.25, 0.3) is 11.1 Å². The van der Waals surface area contributed by atoms with E-state index >= 15 is 0 Å². The summed E-state index contributed by atoms with van der Waals surface area (Å²) >= 11 is 0. The van der Waals surface area contributed by atoms with Gasteiger partial charge < -0.3 is 14.5 Å². The molecule has 0 spiro atoms. The monoisotopic (exact) mass is 364 g/mol. The standard InChI is InChI=1S/C22H24N2O3/c25-21(19-9-4-8-18(16-19)17-6-2-1-3-7-17)23-11-13-24(14-12-23)22(26)20-10-5-15-27-20/h1-4,6-9,16,20H,5,10-15H2. The van der Waals surface area contributed by atoms with Crippen molar-refractivity contribution in [2.24, 2.45) is 0 Å². The molecule has 2 aromatic rings. The minimum absolute atomic E-state index is 0.0250. The molecule has 0 N–H and O–H groups in total. The quantitative estimate of drug-likeness (QED) is 0.842. The van der Waals surface area contributed by atoms with E-state index in [1.807, 2.05) is 64.4 Å². The summed E-state index contributed by atoms with van der Waals surface area (Å²) < 4.78 is 5.50. The van der Waals surface area contributed by atoms with Crippen molar-refractivity contribution in [3.63, 3.8) is 0 Å². The topological polar surface area (TPSA) is 49.9 Å². The third kappa shape index (κ3) is 3.88. The van der Waals surface area contributed by atoms with Gasteiger partial charge in [0.25, 0.3) is 11.8 Å². The van der Waals surface area contributed by atoms with Gasteiger partial charge in [-0.15, -0.1) is 0 Å². The van der Waals surface area contributed by atoms with Crippen LogP contribution >= 0.6 is 0 Å². The molecule has 1 atom stereocenters. The molecule has 2 saturated heterocycles. The molecule has 2 aromatic carbocycles. The van der Waals surface area contributed by atoms with Gasteiger partial charge in [0.05, 0.1) is 0 Å². The van der Waals surface area contributed by atoms with Crippen molar-refractivity contribution in [1.29, 1.82) is 0 Å². The van der Waals surface area contributed by atoms with Gasteiger partial charge in [-0.05, 0) is 36.1 Å². The number of rotatable bonds is 3. The second kappa shape index (κ2) is 7.92. The highest BCUT2D eigenvalue weighted by atomic mass is 16.5. The molecule has 2 aliphatic rings. The average Bonchev–Trinajstić information content (AvgIpc) is 3.28. The summed E-state index contributed by atoms with van der Waals surface area (Å²) in [6, 6.07) is 17.8. The van der Waals surface area contributed by atoms with Crippen molar-refractivity contribution in [2.45, 2.75) is 18.9 Å². The molecule has 1 unspecified atom stereocenters. The van der Waals surface area contributed by atoms with Gasteiger partial charge in [-0.2, -0.15) is 0 Å². The van der Waals surface area contributed by atoms with E-state index in [9.17, 15) is 9.59 Å². The number of hydrogen-bond acceptors (Lipinski definition) is 3. The van der Waals surface area contributed by atoms with E-state index in [1.54, 1.807) is 0 Å². The molecule has 0 saturated carbocycles. The largest absolute Gasteiger partial charge is 0.368 e. The number of hydrogen-bond donors (Lipinski definition) is 0. The van der Waals surface area contributed by atoms with Crippen molar-refractivity contribution < 1.29 is 14.3 Å². The van der Waals surface area contributed by atoms with Crippen LogP contribution in [0.2, 0.25) is 0 Å². The molecule has 27 heavy (non-hydrogen) atoms.